The van der Waals surface area contributed by atoms with Gasteiger partial charge in [0.2, 0.25) is 0 Å². The second-order valence-corrected chi connectivity index (χ2v) is 8.05. The van der Waals surface area contributed by atoms with Gasteiger partial charge < -0.3 is 10.1 Å². The van der Waals surface area contributed by atoms with Crippen LogP contribution in [0.5, 0.6) is 5.75 Å². The molecule has 0 heterocycles. The summed E-state index contributed by atoms with van der Waals surface area (Å²) < 4.78 is 6.85. The molecule has 2 rings (SSSR count). The molecule has 2 N–H and O–H groups in total. The van der Waals surface area contributed by atoms with E-state index in [2.05, 4.69) is 47.1 Å². The fourth-order valence-corrected chi connectivity index (χ4v) is 2.84. The largest absolute Gasteiger partial charge is 0.493 e. The predicted molar refractivity (Wildman–Crippen MR) is 119 cm³/mol. The highest BCUT2D eigenvalue weighted by molar-refractivity contribution is 14.1. The number of thiocarbonyl (C=S) groups is 1. The van der Waals surface area contributed by atoms with Crippen LogP contribution in [0.3, 0.4) is 0 Å². The van der Waals surface area contributed by atoms with Gasteiger partial charge in [-0.1, -0.05) is 13.8 Å². The summed E-state index contributed by atoms with van der Waals surface area (Å²) >= 11 is 7.58. The highest BCUT2D eigenvalue weighted by Crippen LogP contribution is 2.21. The van der Waals surface area contributed by atoms with Gasteiger partial charge in [-0.05, 0) is 102 Å². The van der Waals surface area contributed by atoms with Crippen LogP contribution in [0, 0.1) is 23.3 Å². The van der Waals surface area contributed by atoms with Crippen LogP contribution in [0.1, 0.15) is 35.3 Å². The molecule has 0 saturated carbocycles. The maximum Gasteiger partial charge on any atom is 0.257 e. The first-order valence-corrected chi connectivity index (χ1v) is 9.87. The van der Waals surface area contributed by atoms with Gasteiger partial charge >= 0.3 is 0 Å². The zero-order valence-corrected chi connectivity index (χ0v) is 18.3. The van der Waals surface area contributed by atoms with E-state index >= 15 is 0 Å². The third kappa shape index (κ3) is 5.95. The van der Waals surface area contributed by atoms with Crippen molar-refractivity contribution in [3.63, 3.8) is 0 Å². The summed E-state index contributed by atoms with van der Waals surface area (Å²) in [5, 5.41) is 6.05. The molecule has 0 aliphatic carbocycles. The minimum atomic E-state index is -0.253. The molecule has 0 radical (unpaired) electrons. The molecule has 138 valence electrons. The van der Waals surface area contributed by atoms with E-state index in [0.717, 1.165) is 11.4 Å². The number of amides is 1. The lowest BCUT2D eigenvalue weighted by atomic mass is 10.1. The van der Waals surface area contributed by atoms with Crippen LogP contribution in [-0.2, 0) is 0 Å². The fraction of sp³-hybridized carbons (Fsp3) is 0.300. The lowest BCUT2D eigenvalue weighted by Crippen LogP contribution is -2.34. The number of benzene rings is 2. The van der Waals surface area contributed by atoms with Gasteiger partial charge in [0.15, 0.2) is 5.11 Å². The normalized spacial score (nSPS) is 10.5. The first kappa shape index (κ1) is 20.6. The third-order valence-electron chi connectivity index (χ3n) is 3.62. The van der Waals surface area contributed by atoms with Gasteiger partial charge in [0.05, 0.1) is 6.61 Å². The van der Waals surface area contributed by atoms with Gasteiger partial charge in [-0.3, -0.25) is 10.1 Å². The number of hydrogen-bond donors (Lipinski definition) is 2. The van der Waals surface area contributed by atoms with Crippen molar-refractivity contribution in [2.75, 3.05) is 11.9 Å². The fourth-order valence-electron chi connectivity index (χ4n) is 2.32. The highest BCUT2D eigenvalue weighted by atomic mass is 127. The van der Waals surface area contributed by atoms with Crippen molar-refractivity contribution in [2.24, 2.45) is 5.92 Å². The summed E-state index contributed by atoms with van der Waals surface area (Å²) in [6, 6.07) is 11.1. The lowest BCUT2D eigenvalue weighted by molar-refractivity contribution is 0.0977. The second-order valence-electron chi connectivity index (χ2n) is 6.56. The van der Waals surface area contributed by atoms with E-state index in [-0.39, 0.29) is 11.0 Å². The number of carbonyl (C=O) groups is 1. The van der Waals surface area contributed by atoms with Crippen LogP contribution in [0.4, 0.5) is 5.69 Å². The van der Waals surface area contributed by atoms with Gasteiger partial charge in [0.25, 0.3) is 5.91 Å². The number of anilines is 1. The van der Waals surface area contributed by atoms with E-state index in [1.807, 2.05) is 26.0 Å². The molecule has 0 atom stereocenters. The Kier molecular flexibility index (Phi) is 7.40. The SMILES string of the molecule is Cc1cc(NC(=S)NC(=O)c2ccc(OCC(C)C)cc2)cc(C)c1I. The average Bonchev–Trinajstić information content (AvgIpc) is 2.58. The van der Waals surface area contributed by atoms with E-state index in [1.165, 1.54) is 14.7 Å². The van der Waals surface area contributed by atoms with Crippen molar-refractivity contribution < 1.29 is 9.53 Å². The van der Waals surface area contributed by atoms with E-state index in [0.29, 0.717) is 18.1 Å². The number of aryl methyl sites for hydroxylation is 2. The number of hydrogen-bond acceptors (Lipinski definition) is 3. The molecular weight excluding hydrogens is 459 g/mol. The molecule has 0 fully saturated rings. The van der Waals surface area contributed by atoms with Crippen LogP contribution in [0.2, 0.25) is 0 Å². The van der Waals surface area contributed by atoms with Crippen LogP contribution in [-0.4, -0.2) is 17.6 Å². The number of ether oxygens (including phenoxy) is 1. The molecule has 0 unspecified atom stereocenters. The minimum Gasteiger partial charge on any atom is -0.493 e. The van der Waals surface area contributed by atoms with E-state index < -0.39 is 0 Å². The number of rotatable bonds is 5. The monoisotopic (exact) mass is 482 g/mol. The summed E-state index contributed by atoms with van der Waals surface area (Å²) in [6.45, 7) is 8.92. The summed E-state index contributed by atoms with van der Waals surface area (Å²) in [6.07, 6.45) is 0. The van der Waals surface area contributed by atoms with Crippen molar-refractivity contribution in [3.05, 3.63) is 56.7 Å². The minimum absolute atomic E-state index is 0.253. The highest BCUT2D eigenvalue weighted by Gasteiger charge is 2.09. The maximum absolute atomic E-state index is 12.3. The molecule has 6 heteroatoms. The van der Waals surface area contributed by atoms with Crippen molar-refractivity contribution >= 4 is 51.5 Å². The van der Waals surface area contributed by atoms with Crippen molar-refractivity contribution in [1.29, 1.82) is 0 Å². The first-order chi connectivity index (χ1) is 12.3. The van der Waals surface area contributed by atoms with Crippen molar-refractivity contribution in [1.82, 2.24) is 5.32 Å². The van der Waals surface area contributed by atoms with E-state index in [9.17, 15) is 4.79 Å². The molecule has 4 nitrogen and oxygen atoms in total. The molecule has 0 aromatic heterocycles. The predicted octanol–water partition coefficient (Wildman–Crippen LogP) is 5.07. The Morgan fingerprint density at radius 3 is 2.27 bits per heavy atom. The van der Waals surface area contributed by atoms with Gasteiger partial charge in [-0.25, -0.2) is 0 Å². The van der Waals surface area contributed by atoms with Crippen LogP contribution >= 0.6 is 34.8 Å². The zero-order chi connectivity index (χ0) is 19.3. The third-order valence-corrected chi connectivity index (χ3v) is 5.53. The van der Waals surface area contributed by atoms with E-state index in [4.69, 9.17) is 17.0 Å². The van der Waals surface area contributed by atoms with Gasteiger partial charge in [-0.2, -0.15) is 0 Å². The molecule has 26 heavy (non-hydrogen) atoms. The second kappa shape index (κ2) is 9.32. The van der Waals surface area contributed by atoms with Crippen molar-refractivity contribution in [2.45, 2.75) is 27.7 Å². The molecule has 0 saturated heterocycles. The molecule has 2 aromatic carbocycles. The van der Waals surface area contributed by atoms with Gasteiger partial charge in [0.1, 0.15) is 5.75 Å². The molecular formula is C20H23IN2O2S. The van der Waals surface area contributed by atoms with Crippen LogP contribution < -0.4 is 15.4 Å². The number of halogens is 1. The van der Waals surface area contributed by atoms with E-state index in [1.54, 1.807) is 24.3 Å². The Labute approximate surface area is 173 Å². The zero-order valence-electron chi connectivity index (χ0n) is 15.4. The standard InChI is InChI=1S/C20H23IN2O2S/c1-12(2)11-25-17-7-5-15(6-8-17)19(24)23-20(26)22-16-9-13(3)18(21)14(4)10-16/h5-10,12H,11H2,1-4H3,(H2,22,23,24,26). The van der Waals surface area contributed by atoms with Gasteiger partial charge in [-0.15, -0.1) is 0 Å². The topological polar surface area (TPSA) is 50.4 Å². The summed E-state index contributed by atoms with van der Waals surface area (Å²) in [5.41, 5.74) is 3.72. The Hall–Kier alpha value is -1.67. The molecule has 0 spiro atoms. The maximum atomic E-state index is 12.3. The van der Waals surface area contributed by atoms with Crippen molar-refractivity contribution in [3.8, 4) is 5.75 Å². The van der Waals surface area contributed by atoms with Crippen LogP contribution in [0.15, 0.2) is 36.4 Å². The Balaban J connectivity index is 1.95. The first-order valence-electron chi connectivity index (χ1n) is 8.38. The Bertz CT molecular complexity index is 781. The van der Waals surface area contributed by atoms with Gasteiger partial charge in [0, 0.05) is 14.8 Å². The summed E-state index contributed by atoms with van der Waals surface area (Å²) in [5.74, 6) is 0.951. The quantitative estimate of drug-likeness (QED) is 0.462. The Morgan fingerprint density at radius 2 is 1.73 bits per heavy atom. The summed E-state index contributed by atoms with van der Waals surface area (Å²) in [4.78, 5) is 12.3. The molecule has 0 aliphatic rings. The number of nitrogens with one attached hydrogen (secondary N) is 2. The van der Waals surface area contributed by atoms with Crippen LogP contribution in [0.25, 0.3) is 0 Å². The Morgan fingerprint density at radius 1 is 1.15 bits per heavy atom. The molecule has 0 bridgehead atoms. The summed E-state index contributed by atoms with van der Waals surface area (Å²) in [7, 11) is 0. The molecule has 2 aromatic rings. The smallest absolute Gasteiger partial charge is 0.257 e. The number of carbonyl (C=O) groups excluding carboxylic acids is 1. The molecule has 1 amide bonds. The lowest BCUT2D eigenvalue weighted by Gasteiger charge is -2.13. The molecule has 0 aliphatic heterocycles. The average molecular weight is 482 g/mol.